The summed E-state index contributed by atoms with van der Waals surface area (Å²) >= 11 is 12.4. The number of halogens is 2. The minimum Gasteiger partial charge on any atom is -0.466 e. The zero-order valence-electron chi connectivity index (χ0n) is 18.9. The summed E-state index contributed by atoms with van der Waals surface area (Å²) in [5, 5.41) is 1.09. The summed E-state index contributed by atoms with van der Waals surface area (Å²) in [5.41, 5.74) is 0.565. The molecule has 0 N–H and O–H groups in total. The largest absolute Gasteiger partial charge is 0.466 e. The van der Waals surface area contributed by atoms with E-state index >= 15 is 0 Å². The third-order valence-corrected chi connectivity index (χ3v) is 6.48. The first-order chi connectivity index (χ1) is 14.4. The summed E-state index contributed by atoms with van der Waals surface area (Å²) < 4.78 is 10.7. The maximum absolute atomic E-state index is 12.3. The van der Waals surface area contributed by atoms with E-state index in [-0.39, 0.29) is 29.9 Å². The molecular formula is C23H32Cl2N2O4. The van der Waals surface area contributed by atoms with Crippen molar-refractivity contribution in [2.45, 2.75) is 64.6 Å². The standard InChI is InChI=1S/C23H32Cl2N2O4/c1-6-30-20(28)10-19(15-7-16(24)9-17(25)8-15)26(5)18-11-23(12-18)13-27(14-23)21(29)31-22(2,3)4/h7-9,18-19H,6,10-14H2,1-5H3/t19-/m0/s1. The van der Waals surface area contributed by atoms with Gasteiger partial charge in [-0.15, -0.1) is 0 Å². The highest BCUT2D eigenvalue weighted by molar-refractivity contribution is 6.34. The first-order valence-electron chi connectivity index (χ1n) is 10.7. The molecule has 2 fully saturated rings. The average molecular weight is 471 g/mol. The van der Waals surface area contributed by atoms with Crippen LogP contribution in [-0.4, -0.2) is 60.2 Å². The number of rotatable bonds is 6. The maximum Gasteiger partial charge on any atom is 0.410 e. The fourth-order valence-corrected chi connectivity index (χ4v) is 5.14. The van der Waals surface area contributed by atoms with Crippen molar-refractivity contribution in [2.75, 3.05) is 26.7 Å². The lowest BCUT2D eigenvalue weighted by Gasteiger charge is -2.61. The van der Waals surface area contributed by atoms with E-state index in [0.29, 0.717) is 22.7 Å². The van der Waals surface area contributed by atoms with Crippen LogP contribution in [0.5, 0.6) is 0 Å². The smallest absolute Gasteiger partial charge is 0.410 e. The van der Waals surface area contributed by atoms with Crippen molar-refractivity contribution in [3.63, 3.8) is 0 Å². The van der Waals surface area contributed by atoms with E-state index < -0.39 is 5.60 Å². The molecule has 1 heterocycles. The molecule has 0 unspecified atom stereocenters. The molecular weight excluding hydrogens is 439 g/mol. The van der Waals surface area contributed by atoms with Crippen LogP contribution < -0.4 is 0 Å². The molecule has 1 saturated heterocycles. The molecule has 3 rings (SSSR count). The number of amides is 1. The third-order valence-electron chi connectivity index (χ3n) is 6.04. The van der Waals surface area contributed by atoms with Gasteiger partial charge in [-0.3, -0.25) is 9.69 Å². The summed E-state index contributed by atoms with van der Waals surface area (Å²) in [5.74, 6) is -0.246. The van der Waals surface area contributed by atoms with Gasteiger partial charge in [-0.25, -0.2) is 4.79 Å². The Kier molecular flexibility index (Phi) is 7.14. The second kappa shape index (κ2) is 9.16. The molecule has 31 heavy (non-hydrogen) atoms. The highest BCUT2D eigenvalue weighted by Gasteiger charge is 2.55. The molecule has 172 valence electrons. The zero-order chi connectivity index (χ0) is 23.0. The lowest BCUT2D eigenvalue weighted by molar-refractivity contribution is -0.146. The van der Waals surface area contributed by atoms with Crippen molar-refractivity contribution < 1.29 is 19.1 Å². The molecule has 8 heteroatoms. The molecule has 1 spiro atoms. The van der Waals surface area contributed by atoms with E-state index in [1.165, 1.54) is 0 Å². The number of hydrogen-bond acceptors (Lipinski definition) is 5. The molecule has 0 radical (unpaired) electrons. The number of likely N-dealkylation sites (tertiary alicyclic amines) is 1. The van der Waals surface area contributed by atoms with Gasteiger partial charge in [0.25, 0.3) is 0 Å². The average Bonchev–Trinajstić information content (AvgIpc) is 2.54. The normalized spacial score (nSPS) is 19.0. The quantitative estimate of drug-likeness (QED) is 0.526. The Labute approximate surface area is 194 Å². The molecule has 1 aromatic carbocycles. The molecule has 0 aromatic heterocycles. The molecule has 1 aliphatic heterocycles. The summed E-state index contributed by atoms with van der Waals surface area (Å²) in [6.45, 7) is 9.21. The summed E-state index contributed by atoms with van der Waals surface area (Å²) in [6, 6.07) is 5.52. The van der Waals surface area contributed by atoms with Crippen LogP contribution in [-0.2, 0) is 14.3 Å². The highest BCUT2D eigenvalue weighted by atomic mass is 35.5. The topological polar surface area (TPSA) is 59.1 Å². The van der Waals surface area contributed by atoms with Gasteiger partial charge in [-0.05, 0) is 71.3 Å². The van der Waals surface area contributed by atoms with Gasteiger partial charge < -0.3 is 14.4 Å². The van der Waals surface area contributed by atoms with Crippen LogP contribution in [0.15, 0.2) is 18.2 Å². The van der Waals surface area contributed by atoms with Gasteiger partial charge >= 0.3 is 12.1 Å². The van der Waals surface area contributed by atoms with Crippen molar-refractivity contribution in [3.05, 3.63) is 33.8 Å². The van der Waals surface area contributed by atoms with E-state index in [0.717, 1.165) is 31.5 Å². The number of ether oxygens (including phenoxy) is 2. The lowest BCUT2D eigenvalue weighted by atomic mass is 9.60. The van der Waals surface area contributed by atoms with E-state index in [4.69, 9.17) is 32.7 Å². The Balaban J connectivity index is 1.63. The first-order valence-corrected chi connectivity index (χ1v) is 11.5. The highest BCUT2D eigenvalue weighted by Crippen LogP contribution is 2.51. The Morgan fingerprint density at radius 1 is 1.19 bits per heavy atom. The van der Waals surface area contributed by atoms with Crippen LogP contribution in [0.25, 0.3) is 0 Å². The monoisotopic (exact) mass is 470 g/mol. The number of nitrogens with zero attached hydrogens (tertiary/aromatic N) is 2. The predicted molar refractivity (Wildman–Crippen MR) is 121 cm³/mol. The van der Waals surface area contributed by atoms with Gasteiger partial charge in [-0.2, -0.15) is 0 Å². The van der Waals surface area contributed by atoms with E-state index in [1.807, 2.05) is 40.0 Å². The van der Waals surface area contributed by atoms with Crippen molar-refractivity contribution >= 4 is 35.3 Å². The Bertz CT molecular complexity index is 805. The van der Waals surface area contributed by atoms with Crippen LogP contribution in [0.3, 0.4) is 0 Å². The number of carbonyl (C=O) groups is 2. The number of esters is 1. The van der Waals surface area contributed by atoms with Gasteiger partial charge in [0.2, 0.25) is 0 Å². The fraction of sp³-hybridized carbons (Fsp3) is 0.652. The van der Waals surface area contributed by atoms with Crippen LogP contribution >= 0.6 is 23.2 Å². The van der Waals surface area contributed by atoms with Crippen LogP contribution in [0.1, 0.15) is 58.6 Å². The first kappa shape index (κ1) is 24.1. The second-order valence-electron chi connectivity index (χ2n) is 9.79. The Hall–Kier alpha value is -1.50. The molecule has 1 atom stereocenters. The number of benzene rings is 1. The zero-order valence-corrected chi connectivity index (χ0v) is 20.4. The predicted octanol–water partition coefficient (Wildman–Crippen LogP) is 5.32. The summed E-state index contributed by atoms with van der Waals surface area (Å²) in [4.78, 5) is 28.5. The third kappa shape index (κ3) is 5.85. The van der Waals surface area contributed by atoms with Gasteiger partial charge in [0.15, 0.2) is 0 Å². The molecule has 1 amide bonds. The van der Waals surface area contributed by atoms with Crippen molar-refractivity contribution in [3.8, 4) is 0 Å². The van der Waals surface area contributed by atoms with Gasteiger partial charge in [-0.1, -0.05) is 23.2 Å². The van der Waals surface area contributed by atoms with Gasteiger partial charge in [0.05, 0.1) is 13.0 Å². The molecule has 2 aliphatic rings. The van der Waals surface area contributed by atoms with Crippen LogP contribution in [0.4, 0.5) is 4.79 Å². The second-order valence-corrected chi connectivity index (χ2v) is 10.7. The van der Waals surface area contributed by atoms with Crippen LogP contribution in [0.2, 0.25) is 10.0 Å². The van der Waals surface area contributed by atoms with Crippen molar-refractivity contribution in [1.82, 2.24) is 9.80 Å². The van der Waals surface area contributed by atoms with E-state index in [9.17, 15) is 9.59 Å². The van der Waals surface area contributed by atoms with E-state index in [2.05, 4.69) is 4.90 Å². The Morgan fingerprint density at radius 3 is 2.29 bits per heavy atom. The minimum absolute atomic E-state index is 0.149. The molecule has 0 bridgehead atoms. The lowest BCUT2D eigenvalue weighted by Crippen LogP contribution is -2.67. The van der Waals surface area contributed by atoms with Gasteiger partial charge in [0, 0.05) is 40.6 Å². The van der Waals surface area contributed by atoms with E-state index in [1.54, 1.807) is 17.9 Å². The molecule has 1 aliphatic carbocycles. The van der Waals surface area contributed by atoms with Gasteiger partial charge in [0.1, 0.15) is 5.60 Å². The minimum atomic E-state index is -0.485. The summed E-state index contributed by atoms with van der Waals surface area (Å²) in [7, 11) is 2.03. The molecule has 1 saturated carbocycles. The molecule has 1 aromatic rings. The fourth-order valence-electron chi connectivity index (χ4n) is 4.60. The number of hydrogen-bond donors (Lipinski definition) is 0. The Morgan fingerprint density at radius 2 is 1.77 bits per heavy atom. The summed E-state index contributed by atoms with van der Waals surface area (Å²) in [6.07, 6.45) is 1.92. The van der Waals surface area contributed by atoms with Crippen molar-refractivity contribution in [1.29, 1.82) is 0 Å². The number of carbonyl (C=O) groups excluding carboxylic acids is 2. The maximum atomic E-state index is 12.3. The SMILES string of the molecule is CCOC(=O)C[C@@H](c1cc(Cl)cc(Cl)c1)N(C)C1CC2(C1)CN(C(=O)OC(C)(C)C)C2. The molecule has 6 nitrogen and oxygen atoms in total. The van der Waals surface area contributed by atoms with Crippen LogP contribution in [0, 0.1) is 5.41 Å². The van der Waals surface area contributed by atoms with Crippen molar-refractivity contribution in [2.24, 2.45) is 5.41 Å².